The van der Waals surface area contributed by atoms with Crippen LogP contribution in [-0.4, -0.2) is 45.3 Å². The van der Waals surface area contributed by atoms with Crippen molar-refractivity contribution in [2.24, 2.45) is 0 Å². The fourth-order valence-corrected chi connectivity index (χ4v) is 4.25. The summed E-state index contributed by atoms with van der Waals surface area (Å²) in [4.78, 5) is 13.8. The van der Waals surface area contributed by atoms with Gasteiger partial charge < -0.3 is 4.90 Å². The van der Waals surface area contributed by atoms with E-state index in [9.17, 15) is 4.79 Å². The lowest BCUT2D eigenvalue weighted by atomic mass is 10.00. The van der Waals surface area contributed by atoms with E-state index in [1.165, 1.54) is 34.0 Å². The largest absolute Gasteiger partial charge is 0.302 e. The molecule has 1 aromatic carbocycles. The van der Waals surface area contributed by atoms with E-state index in [4.69, 9.17) is 10.3 Å². The van der Waals surface area contributed by atoms with Crippen LogP contribution in [0.15, 0.2) is 48.7 Å². The molecule has 2 aromatic heterocycles. The maximum absolute atomic E-state index is 11.2. The second-order valence-electron chi connectivity index (χ2n) is 7.74. The van der Waals surface area contributed by atoms with Gasteiger partial charge in [0, 0.05) is 37.5 Å². The molecule has 156 valence electrons. The Bertz CT molecular complexity index is 1070. The van der Waals surface area contributed by atoms with E-state index in [0.717, 1.165) is 50.9 Å². The van der Waals surface area contributed by atoms with Crippen LogP contribution in [0.2, 0.25) is 0 Å². The number of aryl methyl sites for hydroxylation is 1. The summed E-state index contributed by atoms with van der Waals surface area (Å²) in [7, 11) is 0. The summed E-state index contributed by atoms with van der Waals surface area (Å²) in [6.45, 7) is 5.28. The number of hydroxylamine groups is 1. The van der Waals surface area contributed by atoms with Crippen LogP contribution in [0.4, 0.5) is 0 Å². The van der Waals surface area contributed by atoms with E-state index in [2.05, 4.69) is 36.1 Å². The van der Waals surface area contributed by atoms with Gasteiger partial charge >= 0.3 is 0 Å². The van der Waals surface area contributed by atoms with Gasteiger partial charge in [0.05, 0.1) is 11.2 Å². The molecule has 1 amide bonds. The topological polar surface area (TPSA) is 69.9 Å². The van der Waals surface area contributed by atoms with E-state index in [1.807, 2.05) is 22.8 Å². The van der Waals surface area contributed by atoms with Crippen LogP contribution in [0.25, 0.3) is 11.6 Å². The second kappa shape index (κ2) is 9.24. The molecule has 0 unspecified atom stereocenters. The molecule has 0 saturated carbocycles. The Kier molecular flexibility index (Phi) is 6.26. The van der Waals surface area contributed by atoms with Gasteiger partial charge in [-0.3, -0.25) is 10.0 Å². The first-order valence-corrected chi connectivity index (χ1v) is 10.6. The standard InChI is InChI=1S/C24H28N4O2/c1-2-22-21(23-5-3-4-13-28(23)25-22)12-16-27-14-10-19-8-6-18(7-9-24(29)26-30)17-20(19)11-15-27/h3-9,13,17,30H,2,10-12,14-16H2,1H3,(H,26,29). The lowest BCUT2D eigenvalue weighted by Gasteiger charge is -2.19. The fraction of sp³-hybridized carbons (Fsp3) is 0.333. The molecule has 3 heterocycles. The molecule has 6 nitrogen and oxygen atoms in total. The van der Waals surface area contributed by atoms with Gasteiger partial charge in [-0.15, -0.1) is 0 Å². The van der Waals surface area contributed by atoms with Crippen molar-refractivity contribution in [2.45, 2.75) is 32.6 Å². The highest BCUT2D eigenvalue weighted by atomic mass is 16.5. The highest BCUT2D eigenvalue weighted by Crippen LogP contribution is 2.21. The van der Waals surface area contributed by atoms with Crippen LogP contribution < -0.4 is 5.48 Å². The summed E-state index contributed by atoms with van der Waals surface area (Å²) in [5.74, 6) is -0.518. The van der Waals surface area contributed by atoms with Gasteiger partial charge in [0.2, 0.25) is 0 Å². The number of hydrogen-bond donors (Lipinski definition) is 2. The molecule has 6 heteroatoms. The van der Waals surface area contributed by atoms with Gasteiger partial charge in [0.1, 0.15) is 0 Å². The molecule has 0 fully saturated rings. The molecule has 30 heavy (non-hydrogen) atoms. The van der Waals surface area contributed by atoms with Crippen molar-refractivity contribution in [1.29, 1.82) is 0 Å². The first kappa shape index (κ1) is 20.3. The highest BCUT2D eigenvalue weighted by Gasteiger charge is 2.16. The lowest BCUT2D eigenvalue weighted by Crippen LogP contribution is -2.28. The molecular formula is C24H28N4O2. The molecule has 4 rings (SSSR count). The fourth-order valence-electron chi connectivity index (χ4n) is 4.25. The van der Waals surface area contributed by atoms with Crippen molar-refractivity contribution in [1.82, 2.24) is 20.0 Å². The Morgan fingerprint density at radius 3 is 2.83 bits per heavy atom. The first-order valence-electron chi connectivity index (χ1n) is 10.6. The summed E-state index contributed by atoms with van der Waals surface area (Å²) in [5, 5.41) is 13.4. The number of carbonyl (C=O) groups excluding carboxylic acids is 1. The summed E-state index contributed by atoms with van der Waals surface area (Å²) in [6.07, 6.45) is 9.09. The SMILES string of the molecule is CCc1nn2ccccc2c1CCN1CCc2ccc(C=CC(=O)NO)cc2CC1. The molecule has 3 aromatic rings. The maximum Gasteiger partial charge on any atom is 0.267 e. The minimum Gasteiger partial charge on any atom is -0.302 e. The number of pyridine rings is 1. The molecule has 0 saturated heterocycles. The number of carbonyl (C=O) groups is 1. The Hall–Kier alpha value is -2.96. The third-order valence-corrected chi connectivity index (χ3v) is 5.90. The molecule has 2 N–H and O–H groups in total. The zero-order valence-corrected chi connectivity index (χ0v) is 17.3. The number of aromatic nitrogens is 2. The number of amides is 1. The van der Waals surface area contributed by atoms with E-state index in [0.29, 0.717) is 0 Å². The Balaban J connectivity index is 1.42. The molecule has 0 spiro atoms. The van der Waals surface area contributed by atoms with Gasteiger partial charge in [0.25, 0.3) is 5.91 Å². The van der Waals surface area contributed by atoms with Gasteiger partial charge in [-0.05, 0) is 60.6 Å². The predicted molar refractivity (Wildman–Crippen MR) is 118 cm³/mol. The van der Waals surface area contributed by atoms with Gasteiger partial charge in [0.15, 0.2) is 0 Å². The normalized spacial score (nSPS) is 14.7. The molecule has 0 radical (unpaired) electrons. The van der Waals surface area contributed by atoms with Crippen LogP contribution >= 0.6 is 0 Å². The van der Waals surface area contributed by atoms with Gasteiger partial charge in [-0.1, -0.05) is 31.2 Å². The number of nitrogens with one attached hydrogen (secondary N) is 1. The van der Waals surface area contributed by atoms with E-state index in [-0.39, 0.29) is 0 Å². The summed E-state index contributed by atoms with van der Waals surface area (Å²) in [6, 6.07) is 12.6. The average Bonchev–Trinajstić information content (AvgIpc) is 3.02. The van der Waals surface area contributed by atoms with E-state index in [1.54, 1.807) is 11.6 Å². The summed E-state index contributed by atoms with van der Waals surface area (Å²) < 4.78 is 2.00. The highest BCUT2D eigenvalue weighted by molar-refractivity contribution is 5.90. The van der Waals surface area contributed by atoms with Crippen molar-refractivity contribution in [3.63, 3.8) is 0 Å². The van der Waals surface area contributed by atoms with Crippen LogP contribution in [0.3, 0.4) is 0 Å². The molecule has 1 aliphatic heterocycles. The smallest absolute Gasteiger partial charge is 0.267 e. The first-order chi connectivity index (χ1) is 14.7. The Labute approximate surface area is 176 Å². The number of fused-ring (bicyclic) bond motifs is 2. The number of nitrogens with zero attached hydrogens (tertiary/aromatic N) is 3. The molecular weight excluding hydrogens is 376 g/mol. The average molecular weight is 405 g/mol. The number of rotatable bonds is 6. The Morgan fingerprint density at radius 2 is 2.03 bits per heavy atom. The zero-order valence-electron chi connectivity index (χ0n) is 17.3. The number of hydrogen-bond acceptors (Lipinski definition) is 4. The minimum atomic E-state index is -0.518. The molecule has 0 atom stereocenters. The number of benzene rings is 1. The minimum absolute atomic E-state index is 0.518. The molecule has 0 bridgehead atoms. The van der Waals surface area contributed by atoms with E-state index < -0.39 is 5.91 Å². The van der Waals surface area contributed by atoms with Crippen LogP contribution in [0, 0.1) is 0 Å². The summed E-state index contributed by atoms with van der Waals surface area (Å²) >= 11 is 0. The van der Waals surface area contributed by atoms with Crippen molar-refractivity contribution >= 4 is 17.5 Å². The van der Waals surface area contributed by atoms with Crippen LogP contribution in [-0.2, 0) is 30.5 Å². The van der Waals surface area contributed by atoms with Crippen molar-refractivity contribution in [2.75, 3.05) is 19.6 Å². The van der Waals surface area contributed by atoms with Gasteiger partial charge in [-0.25, -0.2) is 10.00 Å². The summed E-state index contributed by atoms with van der Waals surface area (Å²) in [5.41, 5.74) is 9.10. The lowest BCUT2D eigenvalue weighted by molar-refractivity contribution is -0.124. The molecule has 0 aliphatic carbocycles. The monoisotopic (exact) mass is 404 g/mol. The quantitative estimate of drug-likeness (QED) is 0.376. The van der Waals surface area contributed by atoms with Crippen molar-refractivity contribution in [3.05, 3.63) is 76.6 Å². The van der Waals surface area contributed by atoms with Crippen molar-refractivity contribution < 1.29 is 10.0 Å². The van der Waals surface area contributed by atoms with Gasteiger partial charge in [-0.2, -0.15) is 5.10 Å². The predicted octanol–water partition coefficient (Wildman–Crippen LogP) is 3.06. The van der Waals surface area contributed by atoms with Crippen LogP contribution in [0.1, 0.15) is 34.9 Å². The Morgan fingerprint density at radius 1 is 1.20 bits per heavy atom. The second-order valence-corrected chi connectivity index (χ2v) is 7.74. The third-order valence-electron chi connectivity index (χ3n) is 5.90. The maximum atomic E-state index is 11.2. The van der Waals surface area contributed by atoms with Crippen molar-refractivity contribution in [3.8, 4) is 0 Å². The molecule has 1 aliphatic rings. The van der Waals surface area contributed by atoms with Crippen LogP contribution in [0.5, 0.6) is 0 Å². The van der Waals surface area contributed by atoms with E-state index >= 15 is 0 Å². The zero-order chi connectivity index (χ0) is 20.9. The third kappa shape index (κ3) is 4.45.